The van der Waals surface area contributed by atoms with Crippen molar-refractivity contribution in [3.05, 3.63) is 33.8 Å². The summed E-state index contributed by atoms with van der Waals surface area (Å²) in [5.74, 6) is -0.690. The van der Waals surface area contributed by atoms with Crippen LogP contribution in [0.3, 0.4) is 0 Å². The molecule has 0 radical (unpaired) electrons. The van der Waals surface area contributed by atoms with Gasteiger partial charge in [0, 0.05) is 23.7 Å². The molecule has 0 bridgehead atoms. The minimum Gasteiger partial charge on any atom is -0.382 e. The van der Waals surface area contributed by atoms with Gasteiger partial charge < -0.3 is 15.4 Å². The zero-order valence-corrected chi connectivity index (χ0v) is 13.8. The van der Waals surface area contributed by atoms with Gasteiger partial charge in [0.25, 0.3) is 5.91 Å². The van der Waals surface area contributed by atoms with Gasteiger partial charge in [-0.1, -0.05) is 22.0 Å². The van der Waals surface area contributed by atoms with Crippen molar-refractivity contribution in [2.75, 3.05) is 20.3 Å². The number of benzene rings is 1. The van der Waals surface area contributed by atoms with Gasteiger partial charge in [-0.05, 0) is 37.5 Å². The first kappa shape index (κ1) is 16.0. The standard InChI is InChI=1S/C15H19BrN2O3/c1-10-4-5-11(16)8-12(10)13(19)18-7-3-6-15(18,9-21-2)14(17)20/h4-5,8H,3,6-7,9H2,1-2H3,(H2,17,20). The third-order valence-corrected chi connectivity index (χ3v) is 4.50. The second-order valence-electron chi connectivity index (χ2n) is 5.35. The van der Waals surface area contributed by atoms with E-state index in [1.165, 1.54) is 7.11 Å². The number of halogens is 1. The summed E-state index contributed by atoms with van der Waals surface area (Å²) in [6.45, 7) is 2.51. The zero-order chi connectivity index (χ0) is 15.6. The second-order valence-corrected chi connectivity index (χ2v) is 6.26. The second kappa shape index (κ2) is 6.15. The number of aryl methyl sites for hydroxylation is 1. The number of hydrogen-bond acceptors (Lipinski definition) is 3. The van der Waals surface area contributed by atoms with Gasteiger partial charge in [0.05, 0.1) is 6.61 Å². The number of nitrogens with zero attached hydrogens (tertiary/aromatic N) is 1. The average Bonchev–Trinajstić information content (AvgIpc) is 2.86. The SMILES string of the molecule is COCC1(C(N)=O)CCCN1C(=O)c1cc(Br)ccc1C. The van der Waals surface area contributed by atoms with Crippen molar-refractivity contribution in [1.29, 1.82) is 0 Å². The van der Waals surface area contributed by atoms with E-state index in [4.69, 9.17) is 10.5 Å². The number of rotatable bonds is 4. The third kappa shape index (κ3) is 2.82. The highest BCUT2D eigenvalue weighted by molar-refractivity contribution is 9.10. The molecule has 1 atom stereocenters. The lowest BCUT2D eigenvalue weighted by Crippen LogP contribution is -2.58. The highest BCUT2D eigenvalue weighted by Crippen LogP contribution is 2.32. The number of methoxy groups -OCH3 is 1. The quantitative estimate of drug-likeness (QED) is 0.896. The average molecular weight is 355 g/mol. The van der Waals surface area contributed by atoms with Gasteiger partial charge in [0.1, 0.15) is 5.54 Å². The maximum atomic E-state index is 12.9. The number of carbonyl (C=O) groups is 2. The lowest BCUT2D eigenvalue weighted by molar-refractivity contribution is -0.130. The normalized spacial score (nSPS) is 21.6. The lowest BCUT2D eigenvalue weighted by atomic mass is 9.95. The molecule has 6 heteroatoms. The van der Waals surface area contributed by atoms with E-state index in [-0.39, 0.29) is 12.5 Å². The largest absolute Gasteiger partial charge is 0.382 e. The molecule has 0 aliphatic carbocycles. The van der Waals surface area contributed by atoms with Gasteiger partial charge in [-0.2, -0.15) is 0 Å². The Morgan fingerprint density at radius 2 is 2.19 bits per heavy atom. The number of likely N-dealkylation sites (tertiary alicyclic amines) is 1. The maximum Gasteiger partial charge on any atom is 0.255 e. The number of ether oxygens (including phenoxy) is 1. The molecule has 1 aliphatic heterocycles. The van der Waals surface area contributed by atoms with Crippen LogP contribution in [-0.4, -0.2) is 42.5 Å². The number of carbonyl (C=O) groups excluding carboxylic acids is 2. The number of nitrogens with two attached hydrogens (primary N) is 1. The first-order valence-corrected chi connectivity index (χ1v) is 7.58. The molecule has 1 unspecified atom stereocenters. The van der Waals surface area contributed by atoms with Crippen molar-refractivity contribution in [3.8, 4) is 0 Å². The van der Waals surface area contributed by atoms with Crippen LogP contribution in [0.15, 0.2) is 22.7 Å². The smallest absolute Gasteiger partial charge is 0.255 e. The first-order valence-electron chi connectivity index (χ1n) is 6.79. The molecule has 21 heavy (non-hydrogen) atoms. The number of primary amides is 1. The van der Waals surface area contributed by atoms with Gasteiger partial charge >= 0.3 is 0 Å². The van der Waals surface area contributed by atoms with E-state index in [1.807, 2.05) is 19.1 Å². The third-order valence-electron chi connectivity index (χ3n) is 4.01. The molecular weight excluding hydrogens is 336 g/mol. The Kier molecular flexibility index (Phi) is 4.68. The molecule has 1 heterocycles. The van der Waals surface area contributed by atoms with Crippen molar-refractivity contribution in [2.45, 2.75) is 25.3 Å². The summed E-state index contributed by atoms with van der Waals surface area (Å²) in [6, 6.07) is 5.52. The van der Waals surface area contributed by atoms with Crippen LogP contribution in [0.2, 0.25) is 0 Å². The summed E-state index contributed by atoms with van der Waals surface area (Å²) >= 11 is 3.37. The van der Waals surface area contributed by atoms with Gasteiger partial charge in [0.15, 0.2) is 0 Å². The van der Waals surface area contributed by atoms with Crippen LogP contribution >= 0.6 is 15.9 Å². The molecule has 0 saturated carbocycles. The number of amides is 2. The summed E-state index contributed by atoms with van der Waals surface area (Å²) < 4.78 is 5.98. The summed E-state index contributed by atoms with van der Waals surface area (Å²) in [5, 5.41) is 0. The molecule has 2 N–H and O–H groups in total. The topological polar surface area (TPSA) is 72.6 Å². The fraction of sp³-hybridized carbons (Fsp3) is 0.467. The van der Waals surface area contributed by atoms with E-state index < -0.39 is 11.4 Å². The van der Waals surface area contributed by atoms with Gasteiger partial charge in [-0.25, -0.2) is 0 Å². The van der Waals surface area contributed by atoms with E-state index in [0.717, 1.165) is 16.5 Å². The lowest BCUT2D eigenvalue weighted by Gasteiger charge is -2.35. The molecule has 1 saturated heterocycles. The molecular formula is C15H19BrN2O3. The van der Waals surface area contributed by atoms with Gasteiger partial charge in [-0.15, -0.1) is 0 Å². The molecule has 1 fully saturated rings. The summed E-state index contributed by atoms with van der Waals surface area (Å²) in [7, 11) is 1.51. The Labute approximate surface area is 132 Å². The molecule has 1 aliphatic rings. The zero-order valence-electron chi connectivity index (χ0n) is 12.2. The monoisotopic (exact) mass is 354 g/mol. The Bertz CT molecular complexity index is 576. The molecule has 5 nitrogen and oxygen atoms in total. The minimum absolute atomic E-state index is 0.126. The van der Waals surface area contributed by atoms with Gasteiger partial charge in [-0.3, -0.25) is 9.59 Å². The fourth-order valence-corrected chi connectivity index (χ4v) is 3.22. The van der Waals surface area contributed by atoms with Crippen LogP contribution in [0.5, 0.6) is 0 Å². The minimum atomic E-state index is -1.04. The van der Waals surface area contributed by atoms with Crippen LogP contribution in [0.4, 0.5) is 0 Å². The predicted molar refractivity (Wildman–Crippen MR) is 83.0 cm³/mol. The van der Waals surface area contributed by atoms with Gasteiger partial charge in [0.2, 0.25) is 5.91 Å². The molecule has 1 aromatic rings. The van der Waals surface area contributed by atoms with Crippen LogP contribution in [-0.2, 0) is 9.53 Å². The Balaban J connectivity index is 2.41. The van der Waals surface area contributed by atoms with E-state index in [2.05, 4.69) is 15.9 Å². The molecule has 2 rings (SSSR count). The number of hydrogen-bond donors (Lipinski definition) is 1. The van der Waals surface area contributed by atoms with Crippen LogP contribution < -0.4 is 5.73 Å². The Hall–Kier alpha value is -1.40. The van der Waals surface area contributed by atoms with E-state index in [9.17, 15) is 9.59 Å². The molecule has 0 aromatic heterocycles. The van der Waals surface area contributed by atoms with Crippen molar-refractivity contribution >= 4 is 27.7 Å². The molecule has 0 spiro atoms. The van der Waals surface area contributed by atoms with Crippen molar-refractivity contribution in [3.63, 3.8) is 0 Å². The highest BCUT2D eigenvalue weighted by atomic mass is 79.9. The summed E-state index contributed by atoms with van der Waals surface area (Å²) in [5.41, 5.74) is 5.97. The summed E-state index contributed by atoms with van der Waals surface area (Å²) in [6.07, 6.45) is 1.28. The van der Waals surface area contributed by atoms with Crippen LogP contribution in [0.25, 0.3) is 0 Å². The molecule has 114 valence electrons. The summed E-state index contributed by atoms with van der Waals surface area (Å²) in [4.78, 5) is 26.4. The van der Waals surface area contributed by atoms with Crippen molar-refractivity contribution in [1.82, 2.24) is 4.90 Å². The highest BCUT2D eigenvalue weighted by Gasteiger charge is 2.49. The predicted octanol–water partition coefficient (Wildman–Crippen LogP) is 1.86. The van der Waals surface area contributed by atoms with Crippen LogP contribution in [0, 0.1) is 6.92 Å². The van der Waals surface area contributed by atoms with E-state index in [1.54, 1.807) is 11.0 Å². The van der Waals surface area contributed by atoms with E-state index >= 15 is 0 Å². The fourth-order valence-electron chi connectivity index (χ4n) is 2.86. The molecule has 1 aromatic carbocycles. The Morgan fingerprint density at radius 3 is 2.81 bits per heavy atom. The van der Waals surface area contributed by atoms with Crippen molar-refractivity contribution in [2.24, 2.45) is 5.73 Å². The Morgan fingerprint density at radius 1 is 1.48 bits per heavy atom. The van der Waals surface area contributed by atoms with E-state index in [0.29, 0.717) is 18.5 Å². The van der Waals surface area contributed by atoms with Crippen LogP contribution in [0.1, 0.15) is 28.8 Å². The first-order chi connectivity index (χ1) is 9.92. The molecule has 2 amide bonds. The maximum absolute atomic E-state index is 12.9. The van der Waals surface area contributed by atoms with Crippen molar-refractivity contribution < 1.29 is 14.3 Å².